The molecule has 1 N–H and O–H groups in total. The Morgan fingerprint density at radius 2 is 1.80 bits per heavy atom. The van der Waals surface area contributed by atoms with Crippen molar-refractivity contribution in [2.45, 2.75) is 13.0 Å². The Bertz CT molecular complexity index is 558. The van der Waals surface area contributed by atoms with Gasteiger partial charge in [0.2, 0.25) is 0 Å². The van der Waals surface area contributed by atoms with Crippen LogP contribution in [0, 0.1) is 11.3 Å². The van der Waals surface area contributed by atoms with Gasteiger partial charge >= 0.3 is 0 Å². The van der Waals surface area contributed by atoms with Gasteiger partial charge in [0.1, 0.15) is 12.4 Å². The number of benzene rings is 2. The molecule has 3 heteroatoms. The van der Waals surface area contributed by atoms with Gasteiger partial charge in [0.05, 0.1) is 11.6 Å². The first-order valence-electron chi connectivity index (χ1n) is 6.71. The third-order valence-corrected chi connectivity index (χ3v) is 3.10. The standard InChI is InChI=1S/C17H18N2O/c1-14(16-9-7-15(13-18)8-10-16)19-11-12-20-17-5-3-2-4-6-17/h2-10,14,19H,11-12H2,1H3. The highest BCUT2D eigenvalue weighted by atomic mass is 16.5. The lowest BCUT2D eigenvalue weighted by Gasteiger charge is -2.14. The predicted molar refractivity (Wildman–Crippen MR) is 79.5 cm³/mol. The Balaban J connectivity index is 1.74. The van der Waals surface area contributed by atoms with Crippen LogP contribution in [-0.2, 0) is 0 Å². The average Bonchev–Trinajstić information content (AvgIpc) is 2.52. The second kappa shape index (κ2) is 7.32. The minimum atomic E-state index is 0.238. The Morgan fingerprint density at radius 3 is 2.45 bits per heavy atom. The third kappa shape index (κ3) is 4.11. The number of ether oxygens (including phenoxy) is 1. The second-order valence-corrected chi connectivity index (χ2v) is 4.57. The molecule has 0 aliphatic carbocycles. The fraction of sp³-hybridized carbons (Fsp3) is 0.235. The molecular weight excluding hydrogens is 248 g/mol. The van der Waals surface area contributed by atoms with Crippen molar-refractivity contribution in [2.75, 3.05) is 13.2 Å². The normalized spacial score (nSPS) is 11.6. The summed E-state index contributed by atoms with van der Waals surface area (Å²) in [6.07, 6.45) is 0. The van der Waals surface area contributed by atoms with E-state index in [1.807, 2.05) is 54.6 Å². The maximum atomic E-state index is 8.77. The summed E-state index contributed by atoms with van der Waals surface area (Å²) < 4.78 is 5.62. The Labute approximate surface area is 119 Å². The molecule has 102 valence electrons. The van der Waals surface area contributed by atoms with E-state index in [4.69, 9.17) is 10.00 Å². The molecule has 3 nitrogen and oxygen atoms in total. The maximum absolute atomic E-state index is 8.77. The Kier molecular flexibility index (Phi) is 5.16. The van der Waals surface area contributed by atoms with Crippen LogP contribution in [0.5, 0.6) is 5.75 Å². The van der Waals surface area contributed by atoms with Gasteiger partial charge in [-0.15, -0.1) is 0 Å². The van der Waals surface area contributed by atoms with Gasteiger partial charge in [0.25, 0.3) is 0 Å². The maximum Gasteiger partial charge on any atom is 0.119 e. The molecule has 20 heavy (non-hydrogen) atoms. The lowest BCUT2D eigenvalue weighted by Crippen LogP contribution is -2.24. The van der Waals surface area contributed by atoms with Gasteiger partial charge in [-0.25, -0.2) is 0 Å². The summed E-state index contributed by atoms with van der Waals surface area (Å²) in [6.45, 7) is 3.50. The van der Waals surface area contributed by atoms with Crippen molar-refractivity contribution >= 4 is 0 Å². The highest BCUT2D eigenvalue weighted by Crippen LogP contribution is 2.13. The molecule has 2 aromatic carbocycles. The molecule has 0 saturated heterocycles. The molecule has 1 unspecified atom stereocenters. The van der Waals surface area contributed by atoms with Gasteiger partial charge in [-0.05, 0) is 36.8 Å². The quantitative estimate of drug-likeness (QED) is 0.816. The summed E-state index contributed by atoms with van der Waals surface area (Å²) in [7, 11) is 0. The summed E-state index contributed by atoms with van der Waals surface area (Å²) in [4.78, 5) is 0. The number of hydrogen-bond acceptors (Lipinski definition) is 3. The zero-order valence-corrected chi connectivity index (χ0v) is 11.5. The van der Waals surface area contributed by atoms with Crippen LogP contribution in [0.3, 0.4) is 0 Å². The summed E-state index contributed by atoms with van der Waals surface area (Å²) in [5, 5.41) is 12.2. The van der Waals surface area contributed by atoms with Crippen molar-refractivity contribution in [3.8, 4) is 11.8 Å². The van der Waals surface area contributed by atoms with Crippen molar-refractivity contribution < 1.29 is 4.74 Å². The number of rotatable bonds is 6. The van der Waals surface area contributed by atoms with Gasteiger partial charge in [-0.3, -0.25) is 0 Å². The number of hydrogen-bond donors (Lipinski definition) is 1. The second-order valence-electron chi connectivity index (χ2n) is 4.57. The molecule has 0 amide bonds. The van der Waals surface area contributed by atoms with Crippen LogP contribution in [0.4, 0.5) is 0 Å². The van der Waals surface area contributed by atoms with E-state index in [1.165, 1.54) is 5.56 Å². The van der Waals surface area contributed by atoms with Gasteiger partial charge < -0.3 is 10.1 Å². The first-order valence-corrected chi connectivity index (χ1v) is 6.71. The molecule has 0 aromatic heterocycles. The molecule has 0 saturated carbocycles. The summed E-state index contributed by atoms with van der Waals surface area (Å²) in [5.41, 5.74) is 1.86. The van der Waals surface area contributed by atoms with E-state index in [9.17, 15) is 0 Å². The van der Waals surface area contributed by atoms with Crippen LogP contribution in [0.2, 0.25) is 0 Å². The lowest BCUT2D eigenvalue weighted by molar-refractivity contribution is 0.307. The third-order valence-electron chi connectivity index (χ3n) is 3.10. The van der Waals surface area contributed by atoms with Crippen LogP contribution in [0.15, 0.2) is 54.6 Å². The SMILES string of the molecule is CC(NCCOc1ccccc1)c1ccc(C#N)cc1. The smallest absolute Gasteiger partial charge is 0.119 e. The average molecular weight is 266 g/mol. The molecule has 0 bridgehead atoms. The first-order chi connectivity index (χ1) is 9.79. The van der Waals surface area contributed by atoms with E-state index in [2.05, 4.69) is 18.3 Å². The van der Waals surface area contributed by atoms with E-state index in [1.54, 1.807) is 0 Å². The molecule has 0 radical (unpaired) electrons. The Hall–Kier alpha value is -2.31. The van der Waals surface area contributed by atoms with Crippen LogP contribution in [0.25, 0.3) is 0 Å². The fourth-order valence-electron chi connectivity index (χ4n) is 1.93. The summed E-state index contributed by atoms with van der Waals surface area (Å²) >= 11 is 0. The summed E-state index contributed by atoms with van der Waals surface area (Å²) in [5.74, 6) is 0.889. The minimum absolute atomic E-state index is 0.238. The largest absolute Gasteiger partial charge is 0.492 e. The van der Waals surface area contributed by atoms with Crippen molar-refractivity contribution in [2.24, 2.45) is 0 Å². The Morgan fingerprint density at radius 1 is 1.10 bits per heavy atom. The number of nitrogens with zero attached hydrogens (tertiary/aromatic N) is 1. The van der Waals surface area contributed by atoms with Gasteiger partial charge in [-0.2, -0.15) is 5.26 Å². The number of para-hydroxylation sites is 1. The van der Waals surface area contributed by atoms with E-state index in [0.717, 1.165) is 12.3 Å². The van der Waals surface area contributed by atoms with E-state index in [-0.39, 0.29) is 6.04 Å². The van der Waals surface area contributed by atoms with E-state index < -0.39 is 0 Å². The fourth-order valence-corrected chi connectivity index (χ4v) is 1.93. The van der Waals surface area contributed by atoms with Crippen molar-refractivity contribution in [3.63, 3.8) is 0 Å². The summed E-state index contributed by atoms with van der Waals surface area (Å²) in [6, 6.07) is 19.8. The van der Waals surface area contributed by atoms with Crippen molar-refractivity contribution in [1.82, 2.24) is 5.32 Å². The highest BCUT2D eigenvalue weighted by Gasteiger charge is 2.04. The van der Waals surface area contributed by atoms with Crippen LogP contribution in [-0.4, -0.2) is 13.2 Å². The predicted octanol–water partition coefficient (Wildman–Crippen LogP) is 3.29. The molecular formula is C17H18N2O. The topological polar surface area (TPSA) is 45.0 Å². The van der Waals surface area contributed by atoms with Gasteiger partial charge in [0, 0.05) is 12.6 Å². The van der Waals surface area contributed by atoms with E-state index >= 15 is 0 Å². The highest BCUT2D eigenvalue weighted by molar-refractivity contribution is 5.32. The van der Waals surface area contributed by atoms with Crippen LogP contribution >= 0.6 is 0 Å². The number of nitriles is 1. The molecule has 0 aliphatic heterocycles. The van der Waals surface area contributed by atoms with Crippen LogP contribution < -0.4 is 10.1 Å². The van der Waals surface area contributed by atoms with Crippen LogP contribution in [0.1, 0.15) is 24.1 Å². The zero-order chi connectivity index (χ0) is 14.2. The molecule has 0 spiro atoms. The monoisotopic (exact) mass is 266 g/mol. The van der Waals surface area contributed by atoms with Gasteiger partial charge in [-0.1, -0.05) is 30.3 Å². The lowest BCUT2D eigenvalue weighted by atomic mass is 10.1. The number of nitrogens with one attached hydrogen (secondary N) is 1. The van der Waals surface area contributed by atoms with E-state index in [0.29, 0.717) is 12.2 Å². The zero-order valence-electron chi connectivity index (χ0n) is 11.5. The van der Waals surface area contributed by atoms with Crippen molar-refractivity contribution in [3.05, 3.63) is 65.7 Å². The molecule has 0 aliphatic rings. The molecule has 2 rings (SSSR count). The van der Waals surface area contributed by atoms with Gasteiger partial charge in [0.15, 0.2) is 0 Å². The molecule has 2 aromatic rings. The first kappa shape index (κ1) is 14.1. The van der Waals surface area contributed by atoms with Crippen molar-refractivity contribution in [1.29, 1.82) is 5.26 Å². The molecule has 0 fully saturated rings. The minimum Gasteiger partial charge on any atom is -0.492 e. The molecule has 0 heterocycles. The molecule has 1 atom stereocenters.